The summed E-state index contributed by atoms with van der Waals surface area (Å²) in [4.78, 5) is 11.0. The summed E-state index contributed by atoms with van der Waals surface area (Å²) in [6, 6.07) is 4.68. The standard InChI is InChI=1S/C12H16ClNO3/c1-2-17-7-3-6-14-11-8-9(13)4-5-10(11)12(15)16/h4-5,8,14H,2-3,6-7H2,1H3,(H,15,16). The van der Waals surface area contributed by atoms with Crippen LogP contribution < -0.4 is 5.32 Å². The van der Waals surface area contributed by atoms with Gasteiger partial charge < -0.3 is 15.2 Å². The van der Waals surface area contributed by atoms with Crippen molar-refractivity contribution in [2.45, 2.75) is 13.3 Å². The highest BCUT2D eigenvalue weighted by molar-refractivity contribution is 6.31. The van der Waals surface area contributed by atoms with Crippen molar-refractivity contribution < 1.29 is 14.6 Å². The summed E-state index contributed by atoms with van der Waals surface area (Å²) >= 11 is 5.83. The SMILES string of the molecule is CCOCCCNc1cc(Cl)ccc1C(=O)O. The number of carboxylic acid groups (broad SMARTS) is 1. The quantitative estimate of drug-likeness (QED) is 0.738. The van der Waals surface area contributed by atoms with Crippen molar-refractivity contribution in [2.75, 3.05) is 25.1 Å². The number of nitrogens with one attached hydrogen (secondary N) is 1. The Hall–Kier alpha value is -1.26. The zero-order valence-corrected chi connectivity index (χ0v) is 10.5. The number of carbonyl (C=O) groups is 1. The van der Waals surface area contributed by atoms with Gasteiger partial charge in [0.25, 0.3) is 0 Å². The predicted octanol–water partition coefficient (Wildman–Crippen LogP) is 2.88. The first kappa shape index (κ1) is 13.8. The molecular formula is C12H16ClNO3. The van der Waals surface area contributed by atoms with Crippen LogP contribution in [0.25, 0.3) is 0 Å². The Labute approximate surface area is 106 Å². The third-order valence-corrected chi connectivity index (χ3v) is 2.43. The van der Waals surface area contributed by atoms with E-state index >= 15 is 0 Å². The van der Waals surface area contributed by atoms with Gasteiger partial charge in [0, 0.05) is 24.8 Å². The van der Waals surface area contributed by atoms with Crippen LogP contribution >= 0.6 is 11.6 Å². The average molecular weight is 258 g/mol. The van der Waals surface area contributed by atoms with Crippen LogP contribution in [0.15, 0.2) is 18.2 Å². The second-order valence-corrected chi connectivity index (χ2v) is 3.91. The molecule has 0 radical (unpaired) electrons. The van der Waals surface area contributed by atoms with E-state index in [9.17, 15) is 4.79 Å². The lowest BCUT2D eigenvalue weighted by molar-refractivity contribution is 0.0698. The third kappa shape index (κ3) is 4.63. The van der Waals surface area contributed by atoms with Crippen LogP contribution in [0, 0.1) is 0 Å². The van der Waals surface area contributed by atoms with Gasteiger partial charge in [0.15, 0.2) is 0 Å². The minimum absolute atomic E-state index is 0.228. The summed E-state index contributed by atoms with van der Waals surface area (Å²) in [5.41, 5.74) is 0.771. The van der Waals surface area contributed by atoms with Gasteiger partial charge in [-0.1, -0.05) is 11.6 Å². The predicted molar refractivity (Wildman–Crippen MR) is 68.0 cm³/mol. The number of carboxylic acids is 1. The number of benzene rings is 1. The van der Waals surface area contributed by atoms with Crippen molar-refractivity contribution in [1.82, 2.24) is 0 Å². The number of rotatable bonds is 7. The minimum Gasteiger partial charge on any atom is -0.478 e. The van der Waals surface area contributed by atoms with E-state index in [1.54, 1.807) is 12.1 Å². The van der Waals surface area contributed by atoms with Crippen LogP contribution in [-0.4, -0.2) is 30.8 Å². The molecule has 17 heavy (non-hydrogen) atoms. The van der Waals surface area contributed by atoms with Crippen LogP contribution in [-0.2, 0) is 4.74 Å². The Morgan fingerprint density at radius 3 is 2.94 bits per heavy atom. The molecule has 0 aliphatic rings. The Morgan fingerprint density at radius 2 is 2.29 bits per heavy atom. The van der Waals surface area contributed by atoms with Gasteiger partial charge in [-0.2, -0.15) is 0 Å². The van der Waals surface area contributed by atoms with E-state index in [1.165, 1.54) is 6.07 Å². The lowest BCUT2D eigenvalue weighted by Gasteiger charge is -2.09. The van der Waals surface area contributed by atoms with E-state index in [-0.39, 0.29) is 5.56 Å². The number of ether oxygens (including phenoxy) is 1. The zero-order chi connectivity index (χ0) is 12.7. The van der Waals surface area contributed by atoms with Gasteiger partial charge in [0.1, 0.15) is 0 Å². The van der Waals surface area contributed by atoms with E-state index in [4.69, 9.17) is 21.4 Å². The van der Waals surface area contributed by atoms with Crippen molar-refractivity contribution in [3.05, 3.63) is 28.8 Å². The smallest absolute Gasteiger partial charge is 0.337 e. The van der Waals surface area contributed by atoms with E-state index in [0.717, 1.165) is 6.42 Å². The number of anilines is 1. The summed E-state index contributed by atoms with van der Waals surface area (Å²) in [5.74, 6) is -0.964. The van der Waals surface area contributed by atoms with Crippen molar-refractivity contribution in [2.24, 2.45) is 0 Å². The lowest BCUT2D eigenvalue weighted by Crippen LogP contribution is -2.09. The maximum Gasteiger partial charge on any atom is 0.337 e. The Kier molecular flexibility index (Phi) is 5.80. The molecule has 0 atom stereocenters. The van der Waals surface area contributed by atoms with Gasteiger partial charge in [-0.3, -0.25) is 0 Å². The molecule has 0 unspecified atom stereocenters. The topological polar surface area (TPSA) is 58.6 Å². The summed E-state index contributed by atoms with van der Waals surface area (Å²) in [6.07, 6.45) is 0.819. The van der Waals surface area contributed by atoms with Gasteiger partial charge in [0.2, 0.25) is 0 Å². The first-order chi connectivity index (χ1) is 8.15. The zero-order valence-electron chi connectivity index (χ0n) is 9.70. The van der Waals surface area contributed by atoms with Crippen LogP contribution in [0.5, 0.6) is 0 Å². The minimum atomic E-state index is -0.964. The van der Waals surface area contributed by atoms with Gasteiger partial charge in [-0.05, 0) is 31.5 Å². The summed E-state index contributed by atoms with van der Waals surface area (Å²) in [7, 11) is 0. The molecule has 0 amide bonds. The molecule has 0 saturated heterocycles. The van der Waals surface area contributed by atoms with Crippen LogP contribution in [0.4, 0.5) is 5.69 Å². The number of hydrogen-bond donors (Lipinski definition) is 2. The van der Waals surface area contributed by atoms with Crippen molar-refractivity contribution in [3.8, 4) is 0 Å². The van der Waals surface area contributed by atoms with E-state index in [1.807, 2.05) is 6.92 Å². The molecule has 0 aromatic heterocycles. The monoisotopic (exact) mass is 257 g/mol. The highest BCUT2D eigenvalue weighted by Gasteiger charge is 2.09. The normalized spacial score (nSPS) is 10.2. The number of hydrogen-bond acceptors (Lipinski definition) is 3. The Bertz CT molecular complexity index is 382. The van der Waals surface area contributed by atoms with Crippen LogP contribution in [0.3, 0.4) is 0 Å². The Balaban J connectivity index is 2.56. The fourth-order valence-electron chi connectivity index (χ4n) is 1.39. The first-order valence-corrected chi connectivity index (χ1v) is 5.87. The fraction of sp³-hybridized carbons (Fsp3) is 0.417. The molecule has 0 saturated carbocycles. The second-order valence-electron chi connectivity index (χ2n) is 3.47. The molecule has 0 bridgehead atoms. The number of halogens is 1. The molecule has 5 heteroatoms. The third-order valence-electron chi connectivity index (χ3n) is 2.20. The molecule has 0 aliphatic carbocycles. The van der Waals surface area contributed by atoms with E-state index in [2.05, 4.69) is 5.32 Å². The summed E-state index contributed by atoms with van der Waals surface area (Å²) < 4.78 is 5.19. The second kappa shape index (κ2) is 7.14. The first-order valence-electron chi connectivity index (χ1n) is 5.49. The average Bonchev–Trinajstić information content (AvgIpc) is 2.28. The molecule has 94 valence electrons. The van der Waals surface area contributed by atoms with Crippen molar-refractivity contribution >= 4 is 23.3 Å². The molecule has 0 heterocycles. The molecule has 0 spiro atoms. The number of aromatic carboxylic acids is 1. The largest absolute Gasteiger partial charge is 0.478 e. The molecule has 2 N–H and O–H groups in total. The van der Waals surface area contributed by atoms with Gasteiger partial charge in [-0.15, -0.1) is 0 Å². The molecule has 0 aliphatic heterocycles. The maximum absolute atomic E-state index is 11.0. The highest BCUT2D eigenvalue weighted by atomic mass is 35.5. The van der Waals surface area contributed by atoms with Crippen LogP contribution in [0.1, 0.15) is 23.7 Å². The molecule has 1 rings (SSSR count). The van der Waals surface area contributed by atoms with Gasteiger partial charge >= 0.3 is 5.97 Å². The lowest BCUT2D eigenvalue weighted by atomic mass is 10.2. The van der Waals surface area contributed by atoms with Crippen molar-refractivity contribution in [3.63, 3.8) is 0 Å². The van der Waals surface area contributed by atoms with Gasteiger partial charge in [0.05, 0.1) is 11.3 Å². The molecule has 0 fully saturated rings. The maximum atomic E-state index is 11.0. The summed E-state index contributed by atoms with van der Waals surface area (Å²) in [6.45, 7) is 3.94. The molecular weight excluding hydrogens is 242 g/mol. The Morgan fingerprint density at radius 1 is 1.53 bits per heavy atom. The van der Waals surface area contributed by atoms with Crippen LogP contribution in [0.2, 0.25) is 5.02 Å². The summed E-state index contributed by atoms with van der Waals surface area (Å²) in [5, 5.41) is 12.6. The van der Waals surface area contributed by atoms with Crippen molar-refractivity contribution in [1.29, 1.82) is 0 Å². The molecule has 1 aromatic rings. The van der Waals surface area contributed by atoms with E-state index in [0.29, 0.717) is 30.5 Å². The highest BCUT2D eigenvalue weighted by Crippen LogP contribution is 2.21. The fourth-order valence-corrected chi connectivity index (χ4v) is 1.56. The molecule has 4 nitrogen and oxygen atoms in total. The van der Waals surface area contributed by atoms with Gasteiger partial charge in [-0.25, -0.2) is 4.79 Å². The molecule has 1 aromatic carbocycles. The van der Waals surface area contributed by atoms with E-state index < -0.39 is 5.97 Å².